The Balaban J connectivity index is 3.71. The lowest BCUT2D eigenvalue weighted by Crippen LogP contribution is -2.31. The number of hydrogen-bond donors (Lipinski definition) is 3. The summed E-state index contributed by atoms with van der Waals surface area (Å²) >= 11 is 0. The van der Waals surface area contributed by atoms with Crippen LogP contribution in [0.4, 0.5) is 0 Å². The van der Waals surface area contributed by atoms with Gasteiger partial charge in [-0.15, -0.1) is 0 Å². The number of hydrogen-bond acceptors (Lipinski definition) is 3. The smallest absolute Gasteiger partial charge is 0.303 e. The van der Waals surface area contributed by atoms with Gasteiger partial charge in [0.2, 0.25) is 0 Å². The van der Waals surface area contributed by atoms with Crippen LogP contribution in [0.2, 0.25) is 0 Å². The van der Waals surface area contributed by atoms with Crippen molar-refractivity contribution in [3.05, 3.63) is 0 Å². The number of carbonyl (C=O) groups is 1. The second-order valence-electron chi connectivity index (χ2n) is 7.60. The summed E-state index contributed by atoms with van der Waals surface area (Å²) in [5, 5.41) is 28.5. The van der Waals surface area contributed by atoms with Crippen molar-refractivity contribution >= 4 is 5.97 Å². The van der Waals surface area contributed by atoms with Gasteiger partial charge < -0.3 is 15.3 Å². The van der Waals surface area contributed by atoms with Crippen LogP contribution in [-0.2, 0) is 4.79 Å². The highest BCUT2D eigenvalue weighted by atomic mass is 16.4. The van der Waals surface area contributed by atoms with Crippen molar-refractivity contribution in [2.75, 3.05) is 0 Å². The van der Waals surface area contributed by atoms with Gasteiger partial charge in [0.05, 0.1) is 12.2 Å². The molecule has 0 aliphatic carbocycles. The van der Waals surface area contributed by atoms with Crippen molar-refractivity contribution in [2.45, 2.75) is 122 Å². The van der Waals surface area contributed by atoms with Crippen molar-refractivity contribution in [1.29, 1.82) is 0 Å². The molecule has 0 aromatic rings. The highest BCUT2D eigenvalue weighted by Crippen LogP contribution is 2.23. The van der Waals surface area contributed by atoms with E-state index in [-0.39, 0.29) is 12.3 Å². The first-order valence-electron chi connectivity index (χ1n) is 10.6. The number of aliphatic carboxylic acids is 1. The van der Waals surface area contributed by atoms with Crippen molar-refractivity contribution in [2.24, 2.45) is 5.92 Å². The van der Waals surface area contributed by atoms with Gasteiger partial charge in [0.1, 0.15) is 0 Å². The molecule has 0 heterocycles. The number of carboxylic acids is 1. The fourth-order valence-electron chi connectivity index (χ4n) is 3.47. The van der Waals surface area contributed by atoms with Crippen LogP contribution in [0.3, 0.4) is 0 Å². The fraction of sp³-hybridized carbons (Fsp3) is 0.952. The molecule has 3 unspecified atom stereocenters. The Hall–Kier alpha value is -0.610. The van der Waals surface area contributed by atoms with E-state index >= 15 is 0 Å². The monoisotopic (exact) mass is 358 g/mol. The molecule has 0 saturated carbocycles. The predicted molar refractivity (Wildman–Crippen MR) is 104 cm³/mol. The first-order valence-corrected chi connectivity index (χ1v) is 10.6. The number of carboxylic acid groups (broad SMARTS) is 1. The minimum atomic E-state index is -0.792. The molecule has 4 nitrogen and oxygen atoms in total. The molecule has 0 bridgehead atoms. The van der Waals surface area contributed by atoms with E-state index in [4.69, 9.17) is 5.11 Å². The van der Waals surface area contributed by atoms with E-state index in [1.165, 1.54) is 57.8 Å². The highest BCUT2D eigenvalue weighted by molar-refractivity contribution is 5.66. The number of aliphatic hydroxyl groups is 2. The molecule has 0 saturated heterocycles. The van der Waals surface area contributed by atoms with Crippen molar-refractivity contribution in [1.82, 2.24) is 0 Å². The molecule has 0 amide bonds. The van der Waals surface area contributed by atoms with Crippen LogP contribution in [0.5, 0.6) is 0 Å². The summed E-state index contributed by atoms with van der Waals surface area (Å²) in [7, 11) is 0. The van der Waals surface area contributed by atoms with Crippen molar-refractivity contribution < 1.29 is 20.1 Å². The second kappa shape index (κ2) is 16.8. The lowest BCUT2D eigenvalue weighted by Gasteiger charge is -2.25. The zero-order valence-corrected chi connectivity index (χ0v) is 16.6. The Kier molecular flexibility index (Phi) is 16.4. The normalized spacial score (nSPS) is 15.0. The highest BCUT2D eigenvalue weighted by Gasteiger charge is 2.23. The first kappa shape index (κ1) is 24.4. The lowest BCUT2D eigenvalue weighted by atomic mass is 9.88. The molecule has 25 heavy (non-hydrogen) atoms. The minimum absolute atomic E-state index is 0.0120. The van der Waals surface area contributed by atoms with Crippen LogP contribution in [0.1, 0.15) is 110 Å². The first-order chi connectivity index (χ1) is 12.0. The summed E-state index contributed by atoms with van der Waals surface area (Å²) < 4.78 is 0. The van der Waals surface area contributed by atoms with E-state index in [1.807, 2.05) is 0 Å². The molecule has 0 rings (SSSR count). The molecular weight excluding hydrogens is 316 g/mol. The molecule has 0 radical (unpaired) electrons. The van der Waals surface area contributed by atoms with Gasteiger partial charge >= 0.3 is 5.97 Å². The average Bonchev–Trinajstić information content (AvgIpc) is 2.57. The third-order valence-corrected chi connectivity index (χ3v) is 5.12. The molecule has 150 valence electrons. The van der Waals surface area contributed by atoms with E-state index in [0.29, 0.717) is 12.8 Å². The maximum absolute atomic E-state index is 10.6. The van der Waals surface area contributed by atoms with Gasteiger partial charge in [0, 0.05) is 6.42 Å². The van der Waals surface area contributed by atoms with Gasteiger partial charge in [-0.25, -0.2) is 0 Å². The van der Waals surface area contributed by atoms with E-state index in [2.05, 4.69) is 6.92 Å². The van der Waals surface area contributed by atoms with Crippen LogP contribution in [0.15, 0.2) is 0 Å². The zero-order valence-electron chi connectivity index (χ0n) is 16.6. The molecule has 0 aliphatic rings. The number of rotatable bonds is 18. The predicted octanol–water partition coefficient (Wildman–Crippen LogP) is 5.30. The van der Waals surface area contributed by atoms with Crippen LogP contribution in [0.25, 0.3) is 0 Å². The maximum Gasteiger partial charge on any atom is 0.303 e. The summed E-state index contributed by atoms with van der Waals surface area (Å²) in [5.74, 6) is -0.780. The summed E-state index contributed by atoms with van der Waals surface area (Å²) in [5.41, 5.74) is 0. The summed E-state index contributed by atoms with van der Waals surface area (Å²) in [6.07, 6.45) is 15.0. The molecule has 3 N–H and O–H groups in total. The third kappa shape index (κ3) is 15.4. The molecule has 0 aromatic heterocycles. The number of unbranched alkanes of at least 4 members (excludes halogenated alkanes) is 10. The number of aliphatic hydroxyl groups excluding tert-OH is 2. The molecule has 0 aromatic carbocycles. The van der Waals surface area contributed by atoms with Crippen LogP contribution in [0, 0.1) is 5.92 Å². The fourth-order valence-corrected chi connectivity index (χ4v) is 3.47. The van der Waals surface area contributed by atoms with Gasteiger partial charge in [-0.3, -0.25) is 4.79 Å². The SMILES string of the molecule is CCCCCCCCCCCCCC(CCCC(=O)O)C(O)C(C)O. The lowest BCUT2D eigenvalue weighted by molar-refractivity contribution is -0.137. The molecular formula is C21H42O4. The Labute approximate surface area is 155 Å². The van der Waals surface area contributed by atoms with Crippen LogP contribution >= 0.6 is 0 Å². The Morgan fingerprint density at radius 3 is 1.64 bits per heavy atom. The second-order valence-corrected chi connectivity index (χ2v) is 7.60. The quantitative estimate of drug-likeness (QED) is 0.291. The summed E-state index contributed by atoms with van der Waals surface area (Å²) in [6, 6.07) is 0. The van der Waals surface area contributed by atoms with E-state index in [9.17, 15) is 15.0 Å². The Morgan fingerprint density at radius 1 is 0.760 bits per heavy atom. The molecule has 4 heteroatoms. The van der Waals surface area contributed by atoms with Crippen LogP contribution in [-0.4, -0.2) is 33.5 Å². The summed E-state index contributed by atoms with van der Waals surface area (Å²) in [6.45, 7) is 3.85. The summed E-state index contributed by atoms with van der Waals surface area (Å²) in [4.78, 5) is 10.6. The molecule has 3 atom stereocenters. The van der Waals surface area contributed by atoms with E-state index in [1.54, 1.807) is 6.92 Å². The average molecular weight is 359 g/mol. The Morgan fingerprint density at radius 2 is 1.20 bits per heavy atom. The van der Waals surface area contributed by atoms with Gasteiger partial charge in [0.25, 0.3) is 0 Å². The minimum Gasteiger partial charge on any atom is -0.481 e. The van der Waals surface area contributed by atoms with Crippen molar-refractivity contribution in [3.63, 3.8) is 0 Å². The Bertz CT molecular complexity index is 304. The zero-order chi connectivity index (χ0) is 18.9. The van der Waals surface area contributed by atoms with Crippen LogP contribution < -0.4 is 0 Å². The molecule has 0 fully saturated rings. The maximum atomic E-state index is 10.6. The third-order valence-electron chi connectivity index (χ3n) is 5.12. The molecule has 0 aliphatic heterocycles. The van der Waals surface area contributed by atoms with Crippen molar-refractivity contribution in [3.8, 4) is 0 Å². The van der Waals surface area contributed by atoms with E-state index in [0.717, 1.165) is 19.3 Å². The molecule has 0 spiro atoms. The van der Waals surface area contributed by atoms with Gasteiger partial charge in [0.15, 0.2) is 0 Å². The van der Waals surface area contributed by atoms with Gasteiger partial charge in [-0.05, 0) is 32.1 Å². The topological polar surface area (TPSA) is 77.8 Å². The largest absolute Gasteiger partial charge is 0.481 e. The standard InChI is InChI=1S/C21H42O4/c1-3-4-5-6-7-8-9-10-11-12-13-15-19(21(25)18(2)22)16-14-17-20(23)24/h18-19,21-22,25H,3-17H2,1-2H3,(H,23,24). The van der Waals surface area contributed by atoms with E-state index < -0.39 is 18.2 Å². The van der Waals surface area contributed by atoms with Gasteiger partial charge in [-0.2, -0.15) is 0 Å². The van der Waals surface area contributed by atoms with Gasteiger partial charge in [-0.1, -0.05) is 77.6 Å².